The Morgan fingerprint density at radius 2 is 1.91 bits per heavy atom. The van der Waals surface area contributed by atoms with Crippen molar-refractivity contribution < 1.29 is 19.1 Å². The number of amides is 1. The lowest BCUT2D eigenvalue weighted by Crippen LogP contribution is -2.22. The van der Waals surface area contributed by atoms with Gasteiger partial charge in [0.15, 0.2) is 0 Å². The molecule has 0 saturated heterocycles. The number of fused-ring (bicyclic) bond motifs is 1. The fourth-order valence-electron chi connectivity index (χ4n) is 2.77. The Labute approximate surface area is 133 Å². The molecule has 0 spiro atoms. The molecule has 0 saturated carbocycles. The predicted octanol–water partition coefficient (Wildman–Crippen LogP) is 3.39. The highest BCUT2D eigenvalue weighted by molar-refractivity contribution is 6.09. The van der Waals surface area contributed by atoms with Crippen LogP contribution in [0.15, 0.2) is 42.5 Å². The topological polar surface area (TPSA) is 57.6 Å². The highest BCUT2D eigenvalue weighted by atomic mass is 19.1. The van der Waals surface area contributed by atoms with Gasteiger partial charge >= 0.3 is 5.97 Å². The van der Waals surface area contributed by atoms with Gasteiger partial charge < -0.3 is 10.0 Å². The second-order valence-electron chi connectivity index (χ2n) is 5.61. The summed E-state index contributed by atoms with van der Waals surface area (Å²) < 4.78 is 13.3. The van der Waals surface area contributed by atoms with E-state index in [0.717, 1.165) is 16.8 Å². The number of benzene rings is 2. The van der Waals surface area contributed by atoms with Crippen LogP contribution < -0.4 is 4.90 Å². The van der Waals surface area contributed by atoms with Gasteiger partial charge in [-0.2, -0.15) is 0 Å². The summed E-state index contributed by atoms with van der Waals surface area (Å²) in [7, 11) is 0. The van der Waals surface area contributed by atoms with Crippen molar-refractivity contribution in [2.24, 2.45) is 0 Å². The third-order valence-corrected chi connectivity index (χ3v) is 3.98. The summed E-state index contributed by atoms with van der Waals surface area (Å²) in [6, 6.07) is 11.8. The lowest BCUT2D eigenvalue weighted by atomic mass is 10.1. The van der Waals surface area contributed by atoms with Crippen molar-refractivity contribution in [1.82, 2.24) is 0 Å². The van der Waals surface area contributed by atoms with Crippen molar-refractivity contribution in [3.05, 3.63) is 65.0 Å². The smallest absolute Gasteiger partial charge is 0.303 e. The van der Waals surface area contributed by atoms with Gasteiger partial charge in [-0.25, -0.2) is 4.39 Å². The van der Waals surface area contributed by atoms with Crippen LogP contribution in [0.3, 0.4) is 0 Å². The van der Waals surface area contributed by atoms with Crippen molar-refractivity contribution in [3.8, 4) is 0 Å². The second kappa shape index (κ2) is 6.20. The molecule has 118 valence electrons. The number of carboxylic acid groups (broad SMARTS) is 1. The Morgan fingerprint density at radius 1 is 1.17 bits per heavy atom. The maximum absolute atomic E-state index is 13.3. The fourth-order valence-corrected chi connectivity index (χ4v) is 2.77. The Kier molecular flexibility index (Phi) is 4.10. The summed E-state index contributed by atoms with van der Waals surface area (Å²) in [6.45, 7) is 0.437. The molecule has 1 aliphatic heterocycles. The zero-order chi connectivity index (χ0) is 16.4. The molecule has 1 amide bonds. The van der Waals surface area contributed by atoms with Crippen LogP contribution in [0.5, 0.6) is 0 Å². The molecule has 0 aliphatic carbocycles. The van der Waals surface area contributed by atoms with Crippen LogP contribution in [-0.4, -0.2) is 17.0 Å². The largest absolute Gasteiger partial charge is 0.481 e. The molecule has 5 heteroatoms. The number of nitrogens with zero attached hydrogens (tertiary/aromatic N) is 1. The van der Waals surface area contributed by atoms with E-state index < -0.39 is 11.8 Å². The molecule has 2 aromatic rings. The minimum atomic E-state index is -0.797. The minimum Gasteiger partial charge on any atom is -0.481 e. The standard InChI is InChI=1S/C18H16FNO3/c19-14-7-6-13-11-20(18(23)16(13)10-14)15-8-4-12(5-9-15)2-1-3-17(21)22/h4-10H,1-3,11H2,(H,21,22). The Hall–Kier alpha value is -2.69. The number of carbonyl (C=O) groups excluding carboxylic acids is 1. The predicted molar refractivity (Wildman–Crippen MR) is 83.9 cm³/mol. The van der Waals surface area contributed by atoms with Gasteiger partial charge in [0.25, 0.3) is 5.91 Å². The van der Waals surface area contributed by atoms with E-state index in [1.807, 2.05) is 24.3 Å². The fraction of sp³-hybridized carbons (Fsp3) is 0.222. The summed E-state index contributed by atoms with van der Waals surface area (Å²) in [6.07, 6.45) is 1.42. The lowest BCUT2D eigenvalue weighted by molar-refractivity contribution is -0.137. The molecule has 0 aromatic heterocycles. The number of halogens is 1. The summed E-state index contributed by atoms with van der Waals surface area (Å²) in [5.74, 6) is -1.40. The first kappa shape index (κ1) is 15.2. The number of rotatable bonds is 5. The number of aliphatic carboxylic acids is 1. The maximum atomic E-state index is 13.3. The lowest BCUT2D eigenvalue weighted by Gasteiger charge is -2.16. The molecule has 0 fully saturated rings. The third-order valence-electron chi connectivity index (χ3n) is 3.98. The molecule has 0 bridgehead atoms. The average Bonchev–Trinajstić information content (AvgIpc) is 2.85. The van der Waals surface area contributed by atoms with E-state index >= 15 is 0 Å². The highest BCUT2D eigenvalue weighted by Crippen LogP contribution is 2.29. The molecule has 1 N–H and O–H groups in total. The van der Waals surface area contributed by atoms with E-state index in [-0.39, 0.29) is 12.3 Å². The zero-order valence-electron chi connectivity index (χ0n) is 12.5. The van der Waals surface area contributed by atoms with Gasteiger partial charge in [-0.3, -0.25) is 9.59 Å². The van der Waals surface area contributed by atoms with E-state index in [0.29, 0.717) is 24.9 Å². The van der Waals surface area contributed by atoms with Gasteiger partial charge in [0.1, 0.15) is 5.82 Å². The normalized spacial score (nSPS) is 13.3. The zero-order valence-corrected chi connectivity index (χ0v) is 12.5. The Balaban J connectivity index is 1.71. The number of aryl methyl sites for hydroxylation is 1. The van der Waals surface area contributed by atoms with Gasteiger partial charge in [0, 0.05) is 17.7 Å². The van der Waals surface area contributed by atoms with Crippen LogP contribution in [-0.2, 0) is 17.8 Å². The first-order valence-electron chi connectivity index (χ1n) is 7.45. The van der Waals surface area contributed by atoms with E-state index in [1.165, 1.54) is 12.1 Å². The van der Waals surface area contributed by atoms with Crippen molar-refractivity contribution in [2.45, 2.75) is 25.8 Å². The first-order valence-corrected chi connectivity index (χ1v) is 7.45. The highest BCUT2D eigenvalue weighted by Gasteiger charge is 2.28. The van der Waals surface area contributed by atoms with Crippen LogP contribution in [0, 0.1) is 5.82 Å². The van der Waals surface area contributed by atoms with Gasteiger partial charge in [-0.15, -0.1) is 0 Å². The van der Waals surface area contributed by atoms with Crippen LogP contribution in [0.1, 0.15) is 34.3 Å². The number of hydrogen-bond acceptors (Lipinski definition) is 2. The van der Waals surface area contributed by atoms with Crippen LogP contribution >= 0.6 is 0 Å². The monoisotopic (exact) mass is 313 g/mol. The maximum Gasteiger partial charge on any atom is 0.303 e. The summed E-state index contributed by atoms with van der Waals surface area (Å²) in [5, 5.41) is 8.64. The molecule has 23 heavy (non-hydrogen) atoms. The van der Waals surface area contributed by atoms with Crippen LogP contribution in [0.2, 0.25) is 0 Å². The molecule has 0 unspecified atom stereocenters. The number of carboxylic acids is 1. The third kappa shape index (κ3) is 3.23. The van der Waals surface area contributed by atoms with Gasteiger partial charge in [0.05, 0.1) is 6.54 Å². The molecule has 0 atom stereocenters. The molecule has 1 aliphatic rings. The molecule has 4 nitrogen and oxygen atoms in total. The van der Waals surface area contributed by atoms with Crippen LogP contribution in [0.4, 0.5) is 10.1 Å². The van der Waals surface area contributed by atoms with Crippen molar-refractivity contribution in [3.63, 3.8) is 0 Å². The van der Waals surface area contributed by atoms with Crippen LogP contribution in [0.25, 0.3) is 0 Å². The summed E-state index contributed by atoms with van der Waals surface area (Å²) in [5.41, 5.74) is 3.02. The van der Waals surface area contributed by atoms with E-state index in [1.54, 1.807) is 11.0 Å². The Bertz CT molecular complexity index is 755. The quantitative estimate of drug-likeness (QED) is 0.920. The van der Waals surface area contributed by atoms with Gasteiger partial charge in [-0.05, 0) is 48.2 Å². The Morgan fingerprint density at radius 3 is 2.61 bits per heavy atom. The summed E-state index contributed by atoms with van der Waals surface area (Å²) in [4.78, 5) is 24.5. The minimum absolute atomic E-state index is 0.146. The first-order chi connectivity index (χ1) is 11.0. The van der Waals surface area contributed by atoms with E-state index in [9.17, 15) is 14.0 Å². The van der Waals surface area contributed by atoms with Crippen molar-refractivity contribution >= 4 is 17.6 Å². The SMILES string of the molecule is O=C(O)CCCc1ccc(N2Cc3ccc(F)cc3C2=O)cc1. The molecule has 0 radical (unpaired) electrons. The average molecular weight is 313 g/mol. The number of hydrogen-bond donors (Lipinski definition) is 1. The van der Waals surface area contributed by atoms with Crippen molar-refractivity contribution in [2.75, 3.05) is 4.90 Å². The van der Waals surface area contributed by atoms with Gasteiger partial charge in [0.2, 0.25) is 0 Å². The molecule has 3 rings (SSSR count). The number of anilines is 1. The molecule has 1 heterocycles. The molecule has 2 aromatic carbocycles. The molecular formula is C18H16FNO3. The van der Waals surface area contributed by atoms with Crippen molar-refractivity contribution in [1.29, 1.82) is 0 Å². The van der Waals surface area contributed by atoms with Gasteiger partial charge in [-0.1, -0.05) is 18.2 Å². The van der Waals surface area contributed by atoms with E-state index in [2.05, 4.69) is 0 Å². The summed E-state index contributed by atoms with van der Waals surface area (Å²) >= 11 is 0. The molecular weight excluding hydrogens is 297 g/mol. The second-order valence-corrected chi connectivity index (χ2v) is 5.61. The van der Waals surface area contributed by atoms with E-state index in [4.69, 9.17) is 5.11 Å². The number of carbonyl (C=O) groups is 2.